The third-order valence-corrected chi connectivity index (χ3v) is 3.23. The van der Waals surface area contributed by atoms with Crippen molar-refractivity contribution in [2.45, 2.75) is 13.3 Å². The van der Waals surface area contributed by atoms with Gasteiger partial charge in [0, 0.05) is 6.54 Å². The van der Waals surface area contributed by atoms with Crippen molar-refractivity contribution in [2.24, 2.45) is 5.92 Å². The van der Waals surface area contributed by atoms with E-state index in [1.54, 1.807) is 0 Å². The highest BCUT2D eigenvalue weighted by atomic mass is 32.2. The van der Waals surface area contributed by atoms with Gasteiger partial charge in [-0.05, 0) is 18.9 Å². The summed E-state index contributed by atoms with van der Waals surface area (Å²) in [5, 5.41) is 9.05. The lowest BCUT2D eigenvalue weighted by atomic mass is 9.99. The first-order valence-electron chi connectivity index (χ1n) is 5.51. The lowest BCUT2D eigenvalue weighted by Gasteiger charge is -2.12. The van der Waals surface area contributed by atoms with E-state index in [9.17, 15) is 13.2 Å². The van der Waals surface area contributed by atoms with Crippen molar-refractivity contribution in [1.82, 2.24) is 4.72 Å². The van der Waals surface area contributed by atoms with Gasteiger partial charge < -0.3 is 5.11 Å². The molecule has 0 aliphatic rings. The normalized spacial score (nSPS) is 13.2. The van der Waals surface area contributed by atoms with Crippen LogP contribution in [0.3, 0.4) is 0 Å². The number of carboxylic acid groups (broad SMARTS) is 1. The van der Waals surface area contributed by atoms with Crippen molar-refractivity contribution < 1.29 is 18.3 Å². The number of carbonyl (C=O) groups is 1. The number of benzene rings is 1. The van der Waals surface area contributed by atoms with Crippen LogP contribution in [0.1, 0.15) is 11.1 Å². The van der Waals surface area contributed by atoms with Gasteiger partial charge in [-0.2, -0.15) is 0 Å². The van der Waals surface area contributed by atoms with Crippen molar-refractivity contribution in [2.75, 3.05) is 12.8 Å². The maximum absolute atomic E-state index is 11.1. The first-order valence-corrected chi connectivity index (χ1v) is 7.40. The van der Waals surface area contributed by atoms with Crippen LogP contribution in [0.5, 0.6) is 0 Å². The fourth-order valence-corrected chi connectivity index (χ4v) is 2.01. The minimum absolute atomic E-state index is 0.0952. The number of sulfonamides is 1. The van der Waals surface area contributed by atoms with Crippen molar-refractivity contribution in [1.29, 1.82) is 0 Å². The van der Waals surface area contributed by atoms with Crippen LogP contribution < -0.4 is 4.72 Å². The minimum atomic E-state index is -3.37. The Morgan fingerprint density at radius 1 is 1.33 bits per heavy atom. The summed E-state index contributed by atoms with van der Waals surface area (Å²) in [7, 11) is -3.37. The van der Waals surface area contributed by atoms with E-state index in [0.29, 0.717) is 6.42 Å². The van der Waals surface area contributed by atoms with E-state index < -0.39 is 21.9 Å². The molecule has 1 aromatic carbocycles. The van der Waals surface area contributed by atoms with Gasteiger partial charge in [0.15, 0.2) is 0 Å². The third-order valence-electron chi connectivity index (χ3n) is 2.54. The highest BCUT2D eigenvalue weighted by Crippen LogP contribution is 2.10. The highest BCUT2D eigenvalue weighted by Gasteiger charge is 2.19. The Morgan fingerprint density at radius 3 is 2.33 bits per heavy atom. The number of hydrogen-bond donors (Lipinski definition) is 2. The average molecular weight is 271 g/mol. The highest BCUT2D eigenvalue weighted by molar-refractivity contribution is 7.88. The molecule has 0 aliphatic heterocycles. The van der Waals surface area contributed by atoms with E-state index in [2.05, 4.69) is 4.72 Å². The van der Waals surface area contributed by atoms with Gasteiger partial charge in [0.25, 0.3) is 0 Å². The van der Waals surface area contributed by atoms with Crippen molar-refractivity contribution >= 4 is 16.0 Å². The number of aliphatic carboxylic acids is 1. The molecule has 0 fully saturated rings. The molecule has 100 valence electrons. The van der Waals surface area contributed by atoms with Gasteiger partial charge >= 0.3 is 5.97 Å². The fraction of sp³-hybridized carbons (Fsp3) is 0.417. The Labute approximate surface area is 107 Å². The van der Waals surface area contributed by atoms with E-state index in [4.69, 9.17) is 5.11 Å². The zero-order valence-corrected chi connectivity index (χ0v) is 11.2. The Morgan fingerprint density at radius 2 is 1.89 bits per heavy atom. The largest absolute Gasteiger partial charge is 0.481 e. The van der Waals surface area contributed by atoms with Crippen molar-refractivity contribution in [3.05, 3.63) is 35.4 Å². The molecule has 0 spiro atoms. The zero-order valence-electron chi connectivity index (χ0n) is 10.4. The van der Waals surface area contributed by atoms with Gasteiger partial charge in [0.2, 0.25) is 10.0 Å². The maximum Gasteiger partial charge on any atom is 0.308 e. The van der Waals surface area contributed by atoms with E-state index >= 15 is 0 Å². The summed E-state index contributed by atoms with van der Waals surface area (Å²) in [6, 6.07) is 7.51. The number of nitrogens with one attached hydrogen (secondary N) is 1. The monoisotopic (exact) mass is 271 g/mol. The molecule has 0 radical (unpaired) electrons. The Balaban J connectivity index is 2.69. The fourth-order valence-electron chi connectivity index (χ4n) is 1.51. The van der Waals surface area contributed by atoms with Crippen LogP contribution >= 0.6 is 0 Å². The van der Waals surface area contributed by atoms with Gasteiger partial charge in [0.1, 0.15) is 0 Å². The molecule has 1 aromatic rings. The molecule has 0 aromatic heterocycles. The molecule has 2 N–H and O–H groups in total. The van der Waals surface area contributed by atoms with Crippen LogP contribution in [-0.4, -0.2) is 32.3 Å². The Kier molecular flexibility index (Phi) is 4.86. The van der Waals surface area contributed by atoms with Crippen LogP contribution in [0.15, 0.2) is 24.3 Å². The predicted molar refractivity (Wildman–Crippen MR) is 68.9 cm³/mol. The van der Waals surface area contributed by atoms with Gasteiger partial charge in [-0.3, -0.25) is 4.79 Å². The molecular formula is C12H17NO4S. The average Bonchev–Trinajstić information content (AvgIpc) is 2.25. The van der Waals surface area contributed by atoms with Gasteiger partial charge in [-0.15, -0.1) is 0 Å². The molecule has 6 heteroatoms. The Hall–Kier alpha value is -1.40. The van der Waals surface area contributed by atoms with Crippen LogP contribution in [0, 0.1) is 12.8 Å². The number of rotatable bonds is 6. The molecule has 0 saturated heterocycles. The van der Waals surface area contributed by atoms with Gasteiger partial charge in [0.05, 0.1) is 12.2 Å². The molecule has 5 nitrogen and oxygen atoms in total. The molecule has 0 heterocycles. The molecule has 1 atom stereocenters. The summed E-state index contributed by atoms with van der Waals surface area (Å²) in [6.45, 7) is 1.85. The predicted octanol–water partition coefficient (Wildman–Crippen LogP) is 0.788. The molecule has 18 heavy (non-hydrogen) atoms. The quantitative estimate of drug-likeness (QED) is 0.801. The number of hydrogen-bond acceptors (Lipinski definition) is 3. The molecule has 1 unspecified atom stereocenters. The minimum Gasteiger partial charge on any atom is -0.481 e. The van der Waals surface area contributed by atoms with E-state index in [1.165, 1.54) is 0 Å². The first-order chi connectivity index (χ1) is 8.28. The summed E-state index contributed by atoms with van der Waals surface area (Å²) >= 11 is 0. The molecule has 0 bridgehead atoms. The van der Waals surface area contributed by atoms with Crippen LogP contribution in [0.2, 0.25) is 0 Å². The summed E-state index contributed by atoms with van der Waals surface area (Å²) < 4.78 is 24.1. The molecule has 0 aliphatic carbocycles. The SMILES string of the molecule is Cc1ccc(CC(CNS(C)(=O)=O)C(=O)O)cc1. The first kappa shape index (κ1) is 14.7. The zero-order chi connectivity index (χ0) is 13.8. The van der Waals surface area contributed by atoms with Crippen molar-refractivity contribution in [3.63, 3.8) is 0 Å². The second-order valence-corrected chi connectivity index (χ2v) is 6.18. The van der Waals surface area contributed by atoms with Crippen molar-refractivity contribution in [3.8, 4) is 0 Å². The number of carboxylic acids is 1. The Bertz CT molecular complexity index is 507. The van der Waals surface area contributed by atoms with Crippen LogP contribution in [0.25, 0.3) is 0 Å². The van der Waals surface area contributed by atoms with Crippen LogP contribution in [-0.2, 0) is 21.2 Å². The van der Waals surface area contributed by atoms with E-state index in [-0.39, 0.29) is 6.54 Å². The standard InChI is InChI=1S/C12H17NO4S/c1-9-3-5-10(6-4-9)7-11(12(14)15)8-13-18(2,16)17/h3-6,11,13H,7-8H2,1-2H3,(H,14,15). The molecular weight excluding hydrogens is 254 g/mol. The molecule has 0 saturated carbocycles. The van der Waals surface area contributed by atoms with Gasteiger partial charge in [-0.25, -0.2) is 13.1 Å². The molecule has 0 amide bonds. The maximum atomic E-state index is 11.1. The lowest BCUT2D eigenvalue weighted by Crippen LogP contribution is -2.33. The van der Waals surface area contributed by atoms with Gasteiger partial charge in [-0.1, -0.05) is 29.8 Å². The smallest absolute Gasteiger partial charge is 0.308 e. The summed E-state index contributed by atoms with van der Waals surface area (Å²) in [4.78, 5) is 11.1. The summed E-state index contributed by atoms with van der Waals surface area (Å²) in [6.07, 6.45) is 1.32. The van der Waals surface area contributed by atoms with E-state index in [1.807, 2.05) is 31.2 Å². The lowest BCUT2D eigenvalue weighted by molar-refractivity contribution is -0.141. The third kappa shape index (κ3) is 5.29. The topological polar surface area (TPSA) is 83.5 Å². The summed E-state index contributed by atoms with van der Waals surface area (Å²) in [5.41, 5.74) is 1.98. The van der Waals surface area contributed by atoms with E-state index in [0.717, 1.165) is 17.4 Å². The molecule has 1 rings (SSSR count). The summed E-state index contributed by atoms with van der Waals surface area (Å²) in [5.74, 6) is -1.77. The second kappa shape index (κ2) is 5.97. The number of aryl methyl sites for hydroxylation is 1. The van der Waals surface area contributed by atoms with Crippen LogP contribution in [0.4, 0.5) is 0 Å². The second-order valence-electron chi connectivity index (χ2n) is 4.35.